The van der Waals surface area contributed by atoms with Gasteiger partial charge in [-0.05, 0) is 45.1 Å². The molecule has 1 aliphatic heterocycles. The van der Waals surface area contributed by atoms with E-state index < -0.39 is 0 Å². The second-order valence-electron chi connectivity index (χ2n) is 5.36. The van der Waals surface area contributed by atoms with Crippen LogP contribution in [0.2, 0.25) is 0 Å². The Morgan fingerprint density at radius 1 is 0.750 bits per heavy atom. The van der Waals surface area contributed by atoms with Crippen molar-refractivity contribution in [3.63, 3.8) is 0 Å². The highest BCUT2D eigenvalue weighted by molar-refractivity contribution is 6.22. The zero-order valence-electron chi connectivity index (χ0n) is 10.9. The lowest BCUT2D eigenvalue weighted by Crippen LogP contribution is -2.02. The minimum Gasteiger partial charge on any atom is -0.489 e. The average Bonchev–Trinajstić information content (AvgIpc) is 2.95. The molecular formula is C19H12O. The van der Waals surface area contributed by atoms with Crippen molar-refractivity contribution in [1.29, 1.82) is 0 Å². The second-order valence-corrected chi connectivity index (χ2v) is 5.36. The van der Waals surface area contributed by atoms with Crippen LogP contribution in [0.1, 0.15) is 0 Å². The lowest BCUT2D eigenvalue weighted by molar-refractivity contribution is 0.386. The van der Waals surface area contributed by atoms with Gasteiger partial charge in [-0.25, -0.2) is 0 Å². The van der Waals surface area contributed by atoms with Gasteiger partial charge in [-0.1, -0.05) is 42.5 Å². The standard InChI is InChI=1S/C19H12O/c1-2-7-15-12(4-1)10-13-5-3-6-14-11-17-16(8-9-20-17)19(15)18(13)14/h1-8,10-11H,9H2. The molecule has 94 valence electrons. The fourth-order valence-electron chi connectivity index (χ4n) is 3.43. The summed E-state index contributed by atoms with van der Waals surface area (Å²) in [4.78, 5) is 0. The first-order valence-corrected chi connectivity index (χ1v) is 6.92. The molecule has 0 bridgehead atoms. The van der Waals surface area contributed by atoms with Crippen LogP contribution in [0.25, 0.3) is 38.4 Å². The van der Waals surface area contributed by atoms with Crippen LogP contribution in [0.3, 0.4) is 0 Å². The largest absolute Gasteiger partial charge is 0.489 e. The Labute approximate surface area is 116 Å². The molecule has 1 heteroatoms. The molecule has 0 saturated heterocycles. The van der Waals surface area contributed by atoms with Gasteiger partial charge in [0.1, 0.15) is 12.4 Å². The first-order valence-electron chi connectivity index (χ1n) is 6.92. The van der Waals surface area contributed by atoms with E-state index in [4.69, 9.17) is 4.74 Å². The van der Waals surface area contributed by atoms with Gasteiger partial charge < -0.3 is 4.74 Å². The van der Waals surface area contributed by atoms with Crippen LogP contribution in [-0.2, 0) is 0 Å². The van der Waals surface area contributed by atoms with Crippen LogP contribution < -0.4 is 9.96 Å². The van der Waals surface area contributed by atoms with E-state index in [2.05, 4.69) is 60.7 Å². The van der Waals surface area contributed by atoms with Gasteiger partial charge in [0.2, 0.25) is 0 Å². The van der Waals surface area contributed by atoms with E-state index in [-0.39, 0.29) is 0 Å². The number of rotatable bonds is 0. The minimum atomic E-state index is 0.680. The lowest BCUT2D eigenvalue weighted by atomic mass is 9.93. The van der Waals surface area contributed by atoms with E-state index in [0.29, 0.717) is 6.61 Å². The van der Waals surface area contributed by atoms with Gasteiger partial charge in [-0.3, -0.25) is 0 Å². The third-order valence-electron chi connectivity index (χ3n) is 4.27. The molecule has 0 unspecified atom stereocenters. The molecule has 4 aromatic carbocycles. The zero-order valence-corrected chi connectivity index (χ0v) is 10.9. The molecule has 0 radical (unpaired) electrons. The Hall–Kier alpha value is -2.54. The summed E-state index contributed by atoms with van der Waals surface area (Å²) in [6.45, 7) is 0.680. The van der Waals surface area contributed by atoms with E-state index in [1.54, 1.807) is 0 Å². The Kier molecular flexibility index (Phi) is 1.80. The summed E-state index contributed by atoms with van der Waals surface area (Å²) < 4.78 is 5.76. The normalized spacial score (nSPS) is 13.6. The van der Waals surface area contributed by atoms with Crippen LogP contribution in [-0.4, -0.2) is 6.61 Å². The third-order valence-corrected chi connectivity index (χ3v) is 4.27. The molecule has 1 aliphatic rings. The van der Waals surface area contributed by atoms with Gasteiger partial charge in [0.05, 0.1) is 0 Å². The number of hydrogen-bond acceptors (Lipinski definition) is 1. The predicted molar refractivity (Wildman–Crippen MR) is 84.1 cm³/mol. The maximum Gasteiger partial charge on any atom is 0.128 e. The smallest absolute Gasteiger partial charge is 0.128 e. The van der Waals surface area contributed by atoms with Gasteiger partial charge in [0, 0.05) is 10.6 Å². The Morgan fingerprint density at radius 3 is 2.50 bits per heavy atom. The van der Waals surface area contributed by atoms with E-state index in [9.17, 15) is 0 Å². The van der Waals surface area contributed by atoms with Gasteiger partial charge in [0.15, 0.2) is 0 Å². The highest BCUT2D eigenvalue weighted by Crippen LogP contribution is 2.34. The van der Waals surface area contributed by atoms with Gasteiger partial charge >= 0.3 is 0 Å². The fraction of sp³-hybridized carbons (Fsp3) is 0.0526. The Bertz CT molecular complexity index is 1040. The Morgan fingerprint density at radius 2 is 1.55 bits per heavy atom. The van der Waals surface area contributed by atoms with Crippen LogP contribution in [0.15, 0.2) is 54.6 Å². The summed E-state index contributed by atoms with van der Waals surface area (Å²) in [5.74, 6) is 1.02. The number of fused-ring (bicyclic) bond motifs is 4. The van der Waals surface area contributed by atoms with Crippen molar-refractivity contribution >= 4 is 38.4 Å². The van der Waals surface area contributed by atoms with Crippen LogP contribution in [0.4, 0.5) is 0 Å². The van der Waals surface area contributed by atoms with Crippen molar-refractivity contribution in [3.05, 3.63) is 59.8 Å². The Balaban J connectivity index is 2.25. The van der Waals surface area contributed by atoms with E-state index in [1.165, 1.54) is 37.5 Å². The molecule has 0 fully saturated rings. The highest BCUT2D eigenvalue weighted by Gasteiger charge is 2.14. The monoisotopic (exact) mass is 256 g/mol. The van der Waals surface area contributed by atoms with Gasteiger partial charge in [-0.15, -0.1) is 0 Å². The molecule has 0 N–H and O–H groups in total. The minimum absolute atomic E-state index is 0.680. The molecule has 1 heterocycles. The molecule has 0 saturated carbocycles. The predicted octanol–water partition coefficient (Wildman–Crippen LogP) is 4.04. The summed E-state index contributed by atoms with van der Waals surface area (Å²) in [6.07, 6.45) is 2.20. The summed E-state index contributed by atoms with van der Waals surface area (Å²) in [6, 6.07) is 19.6. The van der Waals surface area contributed by atoms with E-state index >= 15 is 0 Å². The first-order chi connectivity index (χ1) is 9.92. The quantitative estimate of drug-likeness (QED) is 0.341. The van der Waals surface area contributed by atoms with Crippen molar-refractivity contribution < 1.29 is 4.74 Å². The molecule has 0 aliphatic carbocycles. The van der Waals surface area contributed by atoms with Crippen LogP contribution in [0.5, 0.6) is 5.75 Å². The van der Waals surface area contributed by atoms with Crippen molar-refractivity contribution in [1.82, 2.24) is 0 Å². The molecule has 0 atom stereocenters. The highest BCUT2D eigenvalue weighted by atomic mass is 16.5. The van der Waals surface area contributed by atoms with Crippen LogP contribution in [0, 0.1) is 0 Å². The third kappa shape index (κ3) is 1.17. The molecule has 1 nitrogen and oxygen atoms in total. The number of ether oxygens (including phenoxy) is 1. The van der Waals surface area contributed by atoms with Crippen LogP contribution >= 0.6 is 0 Å². The topological polar surface area (TPSA) is 9.23 Å². The molecule has 0 spiro atoms. The zero-order chi connectivity index (χ0) is 13.1. The lowest BCUT2D eigenvalue weighted by Gasteiger charge is -2.11. The molecule has 20 heavy (non-hydrogen) atoms. The summed E-state index contributed by atoms with van der Waals surface area (Å²) in [7, 11) is 0. The molecule has 5 rings (SSSR count). The SMILES string of the molecule is C1=c2c(cc3cccc4cc5ccccc5c2c34)OC1. The van der Waals surface area contributed by atoms with Crippen molar-refractivity contribution in [2.24, 2.45) is 0 Å². The summed E-state index contributed by atoms with van der Waals surface area (Å²) in [5.41, 5.74) is 0. The maximum atomic E-state index is 5.76. The van der Waals surface area contributed by atoms with Gasteiger partial charge in [0.25, 0.3) is 0 Å². The molecule has 4 aromatic rings. The number of hydrogen-bond donors (Lipinski definition) is 0. The van der Waals surface area contributed by atoms with Crippen molar-refractivity contribution in [3.8, 4) is 5.75 Å². The molecular weight excluding hydrogens is 244 g/mol. The van der Waals surface area contributed by atoms with Crippen molar-refractivity contribution in [2.75, 3.05) is 6.61 Å². The second kappa shape index (κ2) is 3.51. The summed E-state index contributed by atoms with van der Waals surface area (Å²) in [5, 5.41) is 9.12. The summed E-state index contributed by atoms with van der Waals surface area (Å²) >= 11 is 0. The molecule has 0 amide bonds. The van der Waals surface area contributed by atoms with E-state index in [1.807, 2.05) is 0 Å². The van der Waals surface area contributed by atoms with Crippen molar-refractivity contribution in [2.45, 2.75) is 0 Å². The molecule has 0 aromatic heterocycles. The first kappa shape index (κ1) is 10.3. The average molecular weight is 256 g/mol. The fourth-order valence-corrected chi connectivity index (χ4v) is 3.43. The number of benzene rings is 4. The maximum absolute atomic E-state index is 5.76. The van der Waals surface area contributed by atoms with Gasteiger partial charge in [-0.2, -0.15) is 0 Å². The van der Waals surface area contributed by atoms with E-state index in [0.717, 1.165) is 5.75 Å².